The Morgan fingerprint density at radius 3 is 0.943 bits per heavy atom. The number of anilines is 2. The Morgan fingerprint density at radius 1 is 0.364 bits per heavy atom. The topological polar surface area (TPSA) is 177 Å². The van der Waals surface area contributed by atoms with Crippen LogP contribution in [0.5, 0.6) is 34.5 Å². The number of amides is 2. The van der Waals surface area contributed by atoms with Gasteiger partial charge in [-0.1, -0.05) is 100 Å². The van der Waals surface area contributed by atoms with Crippen molar-refractivity contribution in [1.29, 1.82) is 0 Å². The predicted molar refractivity (Wildman–Crippen MR) is 346 cm³/mol. The monoisotopic (exact) mass is 1180 g/mol. The summed E-state index contributed by atoms with van der Waals surface area (Å²) in [5, 5.41) is 6.49. The molecule has 0 fully saturated rings. The van der Waals surface area contributed by atoms with Crippen LogP contribution in [0.2, 0.25) is 0 Å². The first-order chi connectivity index (χ1) is 43.3. The lowest BCUT2D eigenvalue weighted by Crippen LogP contribution is -2.21. The molecule has 0 aliphatic heterocycles. The molecule has 11 rings (SSSR count). The fourth-order valence-electron chi connectivity index (χ4n) is 11.9. The van der Waals surface area contributed by atoms with Crippen molar-refractivity contribution in [2.24, 2.45) is 0 Å². The second-order valence-electron chi connectivity index (χ2n) is 22.3. The Hall–Kier alpha value is -9.82. The maximum Gasteiger partial charge on any atom is 0.262 e. The molecular formula is C74H78N6O8. The summed E-state index contributed by atoms with van der Waals surface area (Å²) in [4.78, 5) is 42.3. The van der Waals surface area contributed by atoms with Crippen molar-refractivity contribution in [3.8, 4) is 34.5 Å². The molecule has 14 nitrogen and oxygen atoms in total. The quantitative estimate of drug-likeness (QED) is 0.0310. The highest BCUT2D eigenvalue weighted by Crippen LogP contribution is 2.43. The summed E-state index contributed by atoms with van der Waals surface area (Å²) >= 11 is 0. The smallest absolute Gasteiger partial charge is 0.262 e. The van der Waals surface area contributed by atoms with Crippen molar-refractivity contribution in [2.75, 3.05) is 50.3 Å². The van der Waals surface area contributed by atoms with Gasteiger partial charge in [0.05, 0.1) is 38.3 Å². The molecule has 0 unspecified atom stereocenters. The van der Waals surface area contributed by atoms with Gasteiger partial charge in [0.1, 0.15) is 34.5 Å². The van der Waals surface area contributed by atoms with E-state index >= 15 is 0 Å². The summed E-state index contributed by atoms with van der Waals surface area (Å²) in [6, 6.07) is 52.5. The molecule has 4 heterocycles. The molecule has 0 saturated carbocycles. The van der Waals surface area contributed by atoms with Crippen LogP contribution >= 0.6 is 0 Å². The van der Waals surface area contributed by atoms with Crippen molar-refractivity contribution in [2.45, 2.75) is 90.9 Å². The first kappa shape index (κ1) is 59.9. The molecule has 1 aliphatic carbocycles. The second-order valence-corrected chi connectivity index (χ2v) is 22.3. The number of para-hydroxylation sites is 4. The summed E-state index contributed by atoms with van der Waals surface area (Å²) in [6.45, 7) is 9.91. The lowest BCUT2D eigenvalue weighted by atomic mass is 9.90. The third kappa shape index (κ3) is 14.2. The molecule has 88 heavy (non-hydrogen) atoms. The average Bonchev–Trinajstić information content (AvgIpc) is 3.35. The summed E-state index contributed by atoms with van der Waals surface area (Å²) in [6.07, 6.45) is 12.5. The SMILES string of the molecule is CCCOc1c2cccc1Cc1cc(NC(=O)COc3ccccc3C(c3ccc[nH]3)c3ccc[nH]3)cc(c1OCCC)Cc1cccc(c1OCCC)Cc1cc(NC(=O)COc3ccccc3C(c3ccc[nH]3)c3ccc[nH]3)cc(c1OCCC)C2. The summed E-state index contributed by atoms with van der Waals surface area (Å²) in [5.41, 5.74) is 14.4. The normalized spacial score (nSPS) is 12.0. The van der Waals surface area contributed by atoms with E-state index in [4.69, 9.17) is 28.4 Å². The number of rotatable bonds is 26. The van der Waals surface area contributed by atoms with Gasteiger partial charge in [-0.05, 0) is 133 Å². The molecule has 452 valence electrons. The van der Waals surface area contributed by atoms with E-state index in [1.165, 1.54) is 0 Å². The number of carbonyl (C=O) groups excluding carboxylic acids is 2. The summed E-state index contributed by atoms with van der Waals surface area (Å²) in [7, 11) is 0. The zero-order valence-electron chi connectivity index (χ0n) is 50.6. The number of H-pyrrole nitrogens is 4. The van der Waals surface area contributed by atoms with E-state index in [2.05, 4.69) is 119 Å². The third-order valence-electron chi connectivity index (χ3n) is 15.6. The van der Waals surface area contributed by atoms with Gasteiger partial charge in [0.25, 0.3) is 11.8 Å². The first-order valence-electron chi connectivity index (χ1n) is 30.9. The molecule has 14 heteroatoms. The number of hydrogen-bond acceptors (Lipinski definition) is 8. The van der Waals surface area contributed by atoms with Crippen LogP contribution < -0.4 is 39.1 Å². The molecule has 6 aromatic carbocycles. The Labute approximate surface area is 515 Å². The lowest BCUT2D eigenvalue weighted by Gasteiger charge is -2.24. The van der Waals surface area contributed by atoms with Crippen molar-refractivity contribution in [3.05, 3.63) is 261 Å². The molecule has 10 aromatic rings. The molecule has 1 aliphatic rings. The molecule has 0 spiro atoms. The number of carbonyl (C=O) groups is 2. The second kappa shape index (κ2) is 29.0. The number of aromatic amines is 4. The summed E-state index contributed by atoms with van der Waals surface area (Å²) in [5.74, 6) is 3.28. The fourth-order valence-corrected chi connectivity index (χ4v) is 11.9. The Morgan fingerprint density at radius 2 is 0.659 bits per heavy atom. The van der Waals surface area contributed by atoms with E-state index in [0.717, 1.165) is 127 Å². The molecule has 0 radical (unpaired) electrons. The van der Waals surface area contributed by atoms with E-state index in [0.29, 0.717) is 75.0 Å². The standard InChI is InChI=1S/C74H78N6O8/c1-5-35-83-71-49-19-13-20-50(71)40-54-44-58(80-68(82)48-88-66-30-12-10-24-60(66)70(63-27-17-33-77-63)64-28-18-34-78-64)46-56(74(54)86-38-8-4)42-52-22-14-21-51(72(52)84-36-6-2)41-55-45-57(43-53(39-49)73(55)85-37-7-3)79-67(81)47-87-65-29-11-9-23-59(65)69(61-25-15-31-75-61)62-26-16-32-76-62/h9-34,43-46,69-70,75-78H,5-8,35-42,47-48H2,1-4H3,(H,79,81)(H,80,82). The largest absolute Gasteiger partial charge is 0.493 e. The number of ether oxygens (including phenoxy) is 6. The number of nitrogens with one attached hydrogen (secondary N) is 6. The molecule has 0 atom stereocenters. The number of benzene rings is 6. The van der Waals surface area contributed by atoms with Gasteiger partial charge in [-0.2, -0.15) is 0 Å². The highest BCUT2D eigenvalue weighted by Gasteiger charge is 2.27. The van der Waals surface area contributed by atoms with Gasteiger partial charge in [-0.25, -0.2) is 0 Å². The Bertz CT molecular complexity index is 3480. The van der Waals surface area contributed by atoms with Crippen LogP contribution in [0.3, 0.4) is 0 Å². The zero-order valence-corrected chi connectivity index (χ0v) is 50.6. The molecular weight excluding hydrogens is 1100 g/mol. The molecule has 6 N–H and O–H groups in total. The van der Waals surface area contributed by atoms with Crippen LogP contribution in [-0.4, -0.2) is 71.4 Å². The Balaban J connectivity index is 0.958. The third-order valence-corrected chi connectivity index (χ3v) is 15.6. The minimum absolute atomic E-state index is 0.175. The number of hydrogen-bond donors (Lipinski definition) is 6. The maximum atomic E-state index is 14.4. The molecule has 2 amide bonds. The highest BCUT2D eigenvalue weighted by molar-refractivity contribution is 5.93. The van der Waals surface area contributed by atoms with Gasteiger partial charge in [0.15, 0.2) is 13.2 Å². The van der Waals surface area contributed by atoms with Crippen LogP contribution in [0.4, 0.5) is 11.4 Å². The van der Waals surface area contributed by atoms with Crippen molar-refractivity contribution >= 4 is 23.2 Å². The van der Waals surface area contributed by atoms with Gasteiger partial charge >= 0.3 is 0 Å². The molecule has 4 aromatic heterocycles. The molecule has 8 bridgehead atoms. The van der Waals surface area contributed by atoms with E-state index in [9.17, 15) is 9.59 Å². The predicted octanol–water partition coefficient (Wildman–Crippen LogP) is 15.2. The minimum Gasteiger partial charge on any atom is -0.493 e. The average molecular weight is 1180 g/mol. The van der Waals surface area contributed by atoms with Crippen LogP contribution in [0.25, 0.3) is 0 Å². The van der Waals surface area contributed by atoms with Gasteiger partial charge in [-0.3, -0.25) is 9.59 Å². The first-order valence-corrected chi connectivity index (χ1v) is 30.9. The zero-order chi connectivity index (χ0) is 60.6. The number of aromatic nitrogens is 4. The van der Waals surface area contributed by atoms with Crippen LogP contribution in [-0.2, 0) is 35.3 Å². The molecule has 0 saturated heterocycles. The van der Waals surface area contributed by atoms with Gasteiger partial charge in [0, 0.05) is 118 Å². The maximum absolute atomic E-state index is 14.4. The number of fused-ring (bicyclic) bond motifs is 8. The van der Waals surface area contributed by atoms with Gasteiger partial charge in [-0.15, -0.1) is 0 Å². The van der Waals surface area contributed by atoms with Crippen molar-refractivity contribution < 1.29 is 38.0 Å². The van der Waals surface area contributed by atoms with Crippen molar-refractivity contribution in [1.82, 2.24) is 19.9 Å². The van der Waals surface area contributed by atoms with Crippen LogP contribution in [0.15, 0.2) is 183 Å². The van der Waals surface area contributed by atoms with E-state index in [1.807, 2.05) is 122 Å². The lowest BCUT2D eigenvalue weighted by molar-refractivity contribution is -0.118. The van der Waals surface area contributed by atoms with Gasteiger partial charge in [0.2, 0.25) is 0 Å². The van der Waals surface area contributed by atoms with Crippen LogP contribution in [0.1, 0.15) is 144 Å². The summed E-state index contributed by atoms with van der Waals surface area (Å²) < 4.78 is 40.3. The van der Waals surface area contributed by atoms with E-state index in [1.54, 1.807) is 0 Å². The van der Waals surface area contributed by atoms with Crippen LogP contribution in [0, 0.1) is 0 Å². The Kier molecular flexibility index (Phi) is 19.8. The van der Waals surface area contributed by atoms with E-state index in [-0.39, 0.29) is 36.9 Å². The van der Waals surface area contributed by atoms with Gasteiger partial charge < -0.3 is 59.0 Å². The highest BCUT2D eigenvalue weighted by atomic mass is 16.5. The van der Waals surface area contributed by atoms with E-state index < -0.39 is 0 Å². The fraction of sp³-hybridized carbons (Fsp3) is 0.270. The van der Waals surface area contributed by atoms with Crippen molar-refractivity contribution in [3.63, 3.8) is 0 Å². The minimum atomic E-state index is -0.309.